The number of anilines is 1. The predicted octanol–water partition coefficient (Wildman–Crippen LogP) is 2.49. The van der Waals surface area contributed by atoms with Crippen molar-refractivity contribution in [2.45, 2.75) is 70.7 Å². The number of amides is 3. The monoisotopic (exact) mass is 420 g/mol. The number of nitrogens with zero attached hydrogens (tertiary/aromatic N) is 4. The normalized spacial score (nSPS) is 29.5. The molecule has 9 heteroatoms. The topological polar surface area (TPSA) is 83.1 Å². The Kier molecular flexibility index (Phi) is 5.04. The van der Waals surface area contributed by atoms with Crippen LogP contribution in [0.2, 0.25) is 0 Å². The van der Waals surface area contributed by atoms with E-state index in [-0.39, 0.29) is 29.8 Å². The van der Waals surface area contributed by atoms with E-state index in [0.717, 1.165) is 12.8 Å². The van der Waals surface area contributed by atoms with E-state index in [0.29, 0.717) is 24.6 Å². The second-order valence-corrected chi connectivity index (χ2v) is 9.89. The van der Waals surface area contributed by atoms with Crippen molar-refractivity contribution in [3.8, 4) is 0 Å². The molecule has 4 atom stereocenters. The SMILES string of the molecule is C[C@H]1C(=O)N(c2nccs2)[C@@H]2CCN(C(=O)[C@@H]3CCCN3C(=O)OC(C)(C)C)[C@H]21. The number of carbonyl (C=O) groups is 3. The zero-order valence-electron chi connectivity index (χ0n) is 17.3. The Hall–Kier alpha value is -2.16. The van der Waals surface area contributed by atoms with E-state index >= 15 is 0 Å². The predicted molar refractivity (Wildman–Crippen MR) is 109 cm³/mol. The third-order valence-electron chi connectivity index (χ3n) is 5.97. The number of carbonyl (C=O) groups excluding carboxylic acids is 3. The highest BCUT2D eigenvalue weighted by Crippen LogP contribution is 2.40. The Bertz CT molecular complexity index is 806. The van der Waals surface area contributed by atoms with Crippen LogP contribution in [0.15, 0.2) is 11.6 Å². The number of hydrogen-bond acceptors (Lipinski definition) is 6. The maximum absolute atomic E-state index is 13.4. The molecular formula is C20H28N4O4S. The zero-order valence-corrected chi connectivity index (χ0v) is 18.1. The van der Waals surface area contributed by atoms with E-state index in [1.54, 1.807) is 16.0 Å². The van der Waals surface area contributed by atoms with Crippen molar-refractivity contribution in [1.29, 1.82) is 0 Å². The number of thiazole rings is 1. The molecule has 3 aliphatic rings. The smallest absolute Gasteiger partial charge is 0.410 e. The fourth-order valence-electron chi connectivity index (χ4n) is 4.79. The number of aromatic nitrogens is 1. The van der Waals surface area contributed by atoms with Crippen LogP contribution in [0.3, 0.4) is 0 Å². The molecule has 1 aromatic rings. The summed E-state index contributed by atoms with van der Waals surface area (Å²) in [5.74, 6) is -0.337. The maximum atomic E-state index is 13.4. The third-order valence-corrected chi connectivity index (χ3v) is 6.74. The number of rotatable bonds is 2. The van der Waals surface area contributed by atoms with Gasteiger partial charge in [-0.1, -0.05) is 6.92 Å². The van der Waals surface area contributed by atoms with Crippen molar-refractivity contribution in [3.63, 3.8) is 0 Å². The first kappa shape index (κ1) is 20.1. The van der Waals surface area contributed by atoms with Crippen LogP contribution in [0.5, 0.6) is 0 Å². The minimum atomic E-state index is -0.605. The Labute approximate surface area is 174 Å². The molecule has 0 spiro atoms. The highest BCUT2D eigenvalue weighted by atomic mass is 32.1. The lowest BCUT2D eigenvalue weighted by Gasteiger charge is -2.33. The number of hydrogen-bond donors (Lipinski definition) is 0. The minimum absolute atomic E-state index is 0.0165. The zero-order chi connectivity index (χ0) is 20.9. The van der Waals surface area contributed by atoms with Gasteiger partial charge in [0.05, 0.1) is 18.0 Å². The molecule has 0 radical (unpaired) electrons. The third kappa shape index (κ3) is 3.49. The highest BCUT2D eigenvalue weighted by molar-refractivity contribution is 7.13. The molecule has 3 fully saturated rings. The molecule has 1 aromatic heterocycles. The van der Waals surface area contributed by atoms with Gasteiger partial charge in [0, 0.05) is 24.7 Å². The number of ether oxygens (including phenoxy) is 1. The summed E-state index contributed by atoms with van der Waals surface area (Å²) >= 11 is 1.44. The average Bonchev–Trinajstić information content (AvgIpc) is 3.40. The van der Waals surface area contributed by atoms with Gasteiger partial charge < -0.3 is 9.64 Å². The van der Waals surface area contributed by atoms with Crippen molar-refractivity contribution in [2.75, 3.05) is 18.0 Å². The molecule has 4 rings (SSSR count). The van der Waals surface area contributed by atoms with Gasteiger partial charge in [-0.2, -0.15) is 0 Å². The van der Waals surface area contributed by atoms with Crippen molar-refractivity contribution >= 4 is 34.4 Å². The molecule has 29 heavy (non-hydrogen) atoms. The maximum Gasteiger partial charge on any atom is 0.410 e. The first-order valence-corrected chi connectivity index (χ1v) is 11.1. The summed E-state index contributed by atoms with van der Waals surface area (Å²) in [6.45, 7) is 8.46. The summed E-state index contributed by atoms with van der Waals surface area (Å²) < 4.78 is 5.50. The van der Waals surface area contributed by atoms with Gasteiger partial charge in [0.25, 0.3) is 0 Å². The van der Waals surface area contributed by atoms with Gasteiger partial charge in [-0.25, -0.2) is 9.78 Å². The summed E-state index contributed by atoms with van der Waals surface area (Å²) in [4.78, 5) is 48.4. The van der Waals surface area contributed by atoms with Crippen molar-refractivity contribution < 1.29 is 19.1 Å². The first-order valence-electron chi connectivity index (χ1n) is 10.2. The molecule has 0 unspecified atom stereocenters. The van der Waals surface area contributed by atoms with Crippen molar-refractivity contribution in [3.05, 3.63) is 11.6 Å². The summed E-state index contributed by atoms with van der Waals surface area (Å²) in [6.07, 6.45) is 3.39. The van der Waals surface area contributed by atoms with Crippen LogP contribution in [-0.2, 0) is 14.3 Å². The molecule has 3 aliphatic heterocycles. The standard InChI is InChI=1S/C20H28N4O4S/c1-12-15-13(24(16(12)25)18-21-8-11-29-18)7-10-23(15)17(26)14-6-5-9-22(14)19(27)28-20(2,3)4/h8,11-15H,5-7,9-10H2,1-4H3/t12-,13-,14+,15+/m1/s1. The van der Waals surface area contributed by atoms with Crippen LogP contribution >= 0.6 is 11.3 Å². The van der Waals surface area contributed by atoms with Gasteiger partial charge in [-0.3, -0.25) is 19.4 Å². The van der Waals surface area contributed by atoms with Gasteiger partial charge in [-0.05, 0) is 40.0 Å². The lowest BCUT2D eigenvalue weighted by atomic mass is 10.0. The average molecular weight is 421 g/mol. The van der Waals surface area contributed by atoms with Crippen LogP contribution in [0.1, 0.15) is 47.0 Å². The van der Waals surface area contributed by atoms with Crippen LogP contribution in [0.25, 0.3) is 0 Å². The Balaban J connectivity index is 1.52. The second-order valence-electron chi connectivity index (χ2n) is 9.02. The van der Waals surface area contributed by atoms with Gasteiger partial charge in [0.2, 0.25) is 11.8 Å². The van der Waals surface area contributed by atoms with Gasteiger partial charge in [0.1, 0.15) is 11.6 Å². The number of likely N-dealkylation sites (tertiary alicyclic amines) is 2. The minimum Gasteiger partial charge on any atom is -0.444 e. The fourth-order valence-corrected chi connectivity index (χ4v) is 5.50. The van der Waals surface area contributed by atoms with Crippen LogP contribution in [-0.4, -0.2) is 69.5 Å². The molecule has 3 saturated heterocycles. The lowest BCUT2D eigenvalue weighted by Crippen LogP contribution is -2.52. The first-order chi connectivity index (χ1) is 13.7. The van der Waals surface area contributed by atoms with E-state index in [9.17, 15) is 14.4 Å². The van der Waals surface area contributed by atoms with E-state index in [1.165, 1.54) is 11.3 Å². The van der Waals surface area contributed by atoms with E-state index in [1.807, 2.05) is 38.0 Å². The van der Waals surface area contributed by atoms with E-state index < -0.39 is 17.7 Å². The molecule has 0 aromatic carbocycles. The second kappa shape index (κ2) is 7.27. The summed E-state index contributed by atoms with van der Waals surface area (Å²) in [5.41, 5.74) is -0.605. The Morgan fingerprint density at radius 3 is 2.62 bits per heavy atom. The van der Waals surface area contributed by atoms with Crippen LogP contribution < -0.4 is 4.90 Å². The molecule has 158 valence electrons. The summed E-state index contributed by atoms with van der Waals surface area (Å²) in [7, 11) is 0. The lowest BCUT2D eigenvalue weighted by molar-refractivity contribution is -0.137. The molecule has 0 saturated carbocycles. The number of fused-ring (bicyclic) bond motifs is 1. The van der Waals surface area contributed by atoms with Gasteiger partial charge in [0.15, 0.2) is 5.13 Å². The van der Waals surface area contributed by atoms with Crippen molar-refractivity contribution in [2.24, 2.45) is 5.92 Å². The Morgan fingerprint density at radius 2 is 1.97 bits per heavy atom. The van der Waals surface area contributed by atoms with Crippen molar-refractivity contribution in [1.82, 2.24) is 14.8 Å². The largest absolute Gasteiger partial charge is 0.444 e. The molecule has 4 heterocycles. The van der Waals surface area contributed by atoms with Crippen LogP contribution in [0.4, 0.5) is 9.93 Å². The molecule has 0 aliphatic carbocycles. The highest BCUT2D eigenvalue weighted by Gasteiger charge is 2.55. The quantitative estimate of drug-likeness (QED) is 0.734. The Morgan fingerprint density at radius 1 is 1.21 bits per heavy atom. The van der Waals surface area contributed by atoms with Gasteiger partial charge >= 0.3 is 6.09 Å². The molecule has 3 amide bonds. The molecule has 0 bridgehead atoms. The fraction of sp³-hybridized carbons (Fsp3) is 0.700. The van der Waals surface area contributed by atoms with E-state index in [2.05, 4.69) is 4.98 Å². The molecular weight excluding hydrogens is 392 g/mol. The van der Waals surface area contributed by atoms with Crippen LogP contribution in [0, 0.1) is 5.92 Å². The van der Waals surface area contributed by atoms with Gasteiger partial charge in [-0.15, -0.1) is 11.3 Å². The van der Waals surface area contributed by atoms with E-state index in [4.69, 9.17) is 4.74 Å². The molecule has 0 N–H and O–H groups in total. The summed E-state index contributed by atoms with van der Waals surface area (Å²) in [6, 6.07) is -0.746. The summed E-state index contributed by atoms with van der Waals surface area (Å²) in [5, 5.41) is 2.55. The molecule has 8 nitrogen and oxygen atoms in total.